The fourth-order valence-corrected chi connectivity index (χ4v) is 5.53. The molecule has 0 bridgehead atoms. The van der Waals surface area contributed by atoms with Gasteiger partial charge in [-0.15, -0.1) is 0 Å². The molecular formula is C30H36N4O7S. The van der Waals surface area contributed by atoms with Crippen LogP contribution in [0.3, 0.4) is 0 Å². The molecule has 0 unspecified atom stereocenters. The Morgan fingerprint density at radius 2 is 1.62 bits per heavy atom. The Hall–Kier alpha value is -3.97. The number of rotatable bonds is 15. The maximum atomic E-state index is 13.6. The average molecular weight is 597 g/mol. The number of nitrogens with zero attached hydrogens (tertiary/aromatic N) is 3. The second kappa shape index (κ2) is 14.3. The predicted octanol–water partition coefficient (Wildman–Crippen LogP) is 3.81. The second-order valence-electron chi connectivity index (χ2n) is 9.66. The zero-order valence-corrected chi connectivity index (χ0v) is 25.0. The van der Waals surface area contributed by atoms with Crippen molar-refractivity contribution in [1.82, 2.24) is 14.9 Å². The molecule has 0 saturated heterocycles. The molecule has 4 aromatic rings. The van der Waals surface area contributed by atoms with Crippen LogP contribution < -0.4 is 19.5 Å². The van der Waals surface area contributed by atoms with Gasteiger partial charge in [0.15, 0.2) is 27.2 Å². The fraction of sp³-hybridized carbons (Fsp3) is 0.333. The minimum atomic E-state index is -3.77. The van der Waals surface area contributed by atoms with Gasteiger partial charge in [0, 0.05) is 18.7 Å². The van der Waals surface area contributed by atoms with Crippen LogP contribution in [-0.2, 0) is 26.9 Å². The van der Waals surface area contributed by atoms with Crippen LogP contribution in [0.1, 0.15) is 11.3 Å². The smallest absolute Gasteiger partial charge is 0.185 e. The van der Waals surface area contributed by atoms with E-state index in [0.717, 1.165) is 5.56 Å². The Balaban J connectivity index is 1.72. The van der Waals surface area contributed by atoms with E-state index in [1.807, 2.05) is 43.3 Å². The number of ether oxygens (including phenoxy) is 4. The number of hydrogen-bond acceptors (Lipinski definition) is 11. The van der Waals surface area contributed by atoms with Crippen LogP contribution in [0.15, 0.2) is 65.6 Å². The summed E-state index contributed by atoms with van der Waals surface area (Å²) < 4.78 is 49.5. The standard InChI is InChI=1S/C30H36N4O7S/c1-34(2)19-21-9-11-23(12-10-21)42(36,37)20-27-30(32-25-8-6-5-7-24(25)31-27)33-26-17-22(38-3)18-28(39-4)29(26)41-16-15-40-14-13-35/h5-12,17-18,35H,13-16,19-20H2,1-4H3,(H,32,33). The molecule has 4 rings (SSSR count). The third kappa shape index (κ3) is 7.85. The Morgan fingerprint density at radius 3 is 2.26 bits per heavy atom. The lowest BCUT2D eigenvalue weighted by atomic mass is 10.2. The van der Waals surface area contributed by atoms with Crippen molar-refractivity contribution >= 4 is 32.4 Å². The van der Waals surface area contributed by atoms with Crippen molar-refractivity contribution in [2.75, 3.05) is 60.1 Å². The van der Waals surface area contributed by atoms with Crippen LogP contribution in [0, 0.1) is 0 Å². The molecule has 0 atom stereocenters. The van der Waals surface area contributed by atoms with E-state index in [0.29, 0.717) is 40.5 Å². The van der Waals surface area contributed by atoms with Crippen molar-refractivity contribution in [2.24, 2.45) is 0 Å². The summed E-state index contributed by atoms with van der Waals surface area (Å²) in [7, 11) is 3.17. The van der Waals surface area contributed by atoms with E-state index >= 15 is 0 Å². The van der Waals surface area contributed by atoms with Gasteiger partial charge in [-0.05, 0) is 43.9 Å². The van der Waals surface area contributed by atoms with Gasteiger partial charge in [0.1, 0.15) is 18.1 Å². The Bertz CT molecular complexity index is 1600. The molecule has 0 aliphatic heterocycles. The van der Waals surface area contributed by atoms with E-state index in [1.54, 1.807) is 36.4 Å². The van der Waals surface area contributed by atoms with Gasteiger partial charge in [-0.1, -0.05) is 24.3 Å². The molecule has 0 aliphatic rings. The Kier molecular flexibility index (Phi) is 10.5. The fourth-order valence-electron chi connectivity index (χ4n) is 4.25. The van der Waals surface area contributed by atoms with Crippen molar-refractivity contribution in [3.05, 3.63) is 71.9 Å². The first kappa shape index (κ1) is 31.0. The molecule has 0 spiro atoms. The molecule has 2 N–H and O–H groups in total. The maximum Gasteiger partial charge on any atom is 0.185 e. The monoisotopic (exact) mass is 596 g/mol. The number of aliphatic hydroxyl groups excluding tert-OH is 1. The number of fused-ring (bicyclic) bond motifs is 1. The summed E-state index contributed by atoms with van der Waals surface area (Å²) in [6.45, 7) is 1.21. The number of anilines is 2. The van der Waals surface area contributed by atoms with E-state index in [-0.39, 0.29) is 48.6 Å². The van der Waals surface area contributed by atoms with Crippen LogP contribution in [-0.4, -0.2) is 83.1 Å². The number of hydrogen-bond donors (Lipinski definition) is 2. The zero-order valence-electron chi connectivity index (χ0n) is 24.2. The molecule has 0 fully saturated rings. The molecule has 1 heterocycles. The van der Waals surface area contributed by atoms with Gasteiger partial charge >= 0.3 is 0 Å². The summed E-state index contributed by atoms with van der Waals surface area (Å²) in [6, 6.07) is 17.5. The third-order valence-corrected chi connectivity index (χ3v) is 7.84. The van der Waals surface area contributed by atoms with Crippen LogP contribution in [0.5, 0.6) is 17.2 Å². The number of methoxy groups -OCH3 is 2. The lowest BCUT2D eigenvalue weighted by Gasteiger charge is -2.19. The molecule has 0 aliphatic carbocycles. The molecule has 42 heavy (non-hydrogen) atoms. The van der Waals surface area contributed by atoms with Gasteiger partial charge in [0.2, 0.25) is 0 Å². The first-order valence-electron chi connectivity index (χ1n) is 13.3. The molecular weight excluding hydrogens is 560 g/mol. The van der Waals surface area contributed by atoms with Crippen molar-refractivity contribution < 1.29 is 32.5 Å². The summed E-state index contributed by atoms with van der Waals surface area (Å²) in [6.07, 6.45) is 0. The van der Waals surface area contributed by atoms with E-state index < -0.39 is 9.84 Å². The van der Waals surface area contributed by atoms with E-state index in [2.05, 4.69) is 5.32 Å². The van der Waals surface area contributed by atoms with Crippen molar-refractivity contribution in [1.29, 1.82) is 0 Å². The zero-order chi connectivity index (χ0) is 30.1. The summed E-state index contributed by atoms with van der Waals surface area (Å²) in [5.41, 5.74) is 2.84. The lowest BCUT2D eigenvalue weighted by Crippen LogP contribution is -2.13. The van der Waals surface area contributed by atoms with Gasteiger partial charge in [-0.2, -0.15) is 0 Å². The van der Waals surface area contributed by atoms with Crippen LogP contribution in [0.4, 0.5) is 11.5 Å². The summed E-state index contributed by atoms with van der Waals surface area (Å²) >= 11 is 0. The first-order chi connectivity index (χ1) is 20.2. The van der Waals surface area contributed by atoms with Gasteiger partial charge in [-0.3, -0.25) is 0 Å². The second-order valence-corrected chi connectivity index (χ2v) is 11.7. The van der Waals surface area contributed by atoms with Gasteiger partial charge in [0.05, 0.1) is 61.4 Å². The van der Waals surface area contributed by atoms with Gasteiger partial charge < -0.3 is 34.3 Å². The Morgan fingerprint density at radius 1 is 0.905 bits per heavy atom. The van der Waals surface area contributed by atoms with E-state index in [4.69, 9.17) is 34.0 Å². The highest BCUT2D eigenvalue weighted by molar-refractivity contribution is 7.90. The molecule has 11 nitrogen and oxygen atoms in total. The van der Waals surface area contributed by atoms with Crippen molar-refractivity contribution in [3.8, 4) is 17.2 Å². The molecule has 0 saturated carbocycles. The average Bonchev–Trinajstić information content (AvgIpc) is 2.97. The number of aliphatic hydroxyl groups is 1. The Labute approximate surface area is 245 Å². The maximum absolute atomic E-state index is 13.6. The van der Waals surface area contributed by atoms with Crippen LogP contribution in [0.2, 0.25) is 0 Å². The normalized spacial score (nSPS) is 11.6. The van der Waals surface area contributed by atoms with E-state index in [1.165, 1.54) is 14.2 Å². The largest absolute Gasteiger partial charge is 0.497 e. The minimum absolute atomic E-state index is 0.0921. The highest BCUT2D eigenvalue weighted by atomic mass is 32.2. The topological polar surface area (TPSA) is 132 Å². The van der Waals surface area contributed by atoms with Crippen LogP contribution >= 0.6 is 0 Å². The van der Waals surface area contributed by atoms with Crippen LogP contribution in [0.25, 0.3) is 11.0 Å². The quantitative estimate of drug-likeness (QED) is 0.194. The van der Waals surface area contributed by atoms with Crippen molar-refractivity contribution in [2.45, 2.75) is 17.2 Å². The van der Waals surface area contributed by atoms with E-state index in [9.17, 15) is 8.42 Å². The number of benzene rings is 3. The highest BCUT2D eigenvalue weighted by Crippen LogP contribution is 2.41. The number of aromatic nitrogens is 2. The molecule has 224 valence electrons. The molecule has 3 aromatic carbocycles. The summed E-state index contributed by atoms with van der Waals surface area (Å²) in [5, 5.41) is 12.2. The number of nitrogens with one attached hydrogen (secondary N) is 1. The summed E-state index contributed by atoms with van der Waals surface area (Å²) in [5.74, 6) is 1.09. The molecule has 0 radical (unpaired) electrons. The molecule has 1 aromatic heterocycles. The summed E-state index contributed by atoms with van der Waals surface area (Å²) in [4.78, 5) is 11.6. The first-order valence-corrected chi connectivity index (χ1v) is 15.0. The number of sulfone groups is 1. The SMILES string of the molecule is COc1cc(Nc2nc3ccccc3nc2CS(=O)(=O)c2ccc(CN(C)C)cc2)c(OCCOCCO)c(OC)c1. The van der Waals surface area contributed by atoms with Crippen molar-refractivity contribution in [3.63, 3.8) is 0 Å². The molecule has 0 amide bonds. The van der Waals surface area contributed by atoms with Gasteiger partial charge in [0.25, 0.3) is 0 Å². The van der Waals surface area contributed by atoms with Gasteiger partial charge in [-0.25, -0.2) is 18.4 Å². The highest BCUT2D eigenvalue weighted by Gasteiger charge is 2.23. The lowest BCUT2D eigenvalue weighted by molar-refractivity contribution is 0.0700. The number of para-hydroxylation sites is 2. The predicted molar refractivity (Wildman–Crippen MR) is 160 cm³/mol. The third-order valence-electron chi connectivity index (χ3n) is 6.20. The minimum Gasteiger partial charge on any atom is -0.497 e. The molecule has 12 heteroatoms.